The van der Waals surface area contributed by atoms with E-state index in [4.69, 9.17) is 0 Å². The first-order chi connectivity index (χ1) is 10.0. The average Bonchev–Trinajstić information content (AvgIpc) is 3.06. The number of aryl methyl sites for hydroxylation is 1. The zero-order chi connectivity index (χ0) is 15.4. The van der Waals surface area contributed by atoms with Gasteiger partial charge in [0.05, 0.1) is 19.7 Å². The maximum atomic E-state index is 12.3. The highest BCUT2D eigenvalue weighted by atomic mass is 16.5. The molecule has 0 fully saturated rings. The Kier molecular flexibility index (Phi) is 4.42. The lowest BCUT2D eigenvalue weighted by molar-refractivity contribution is -0.141. The molecule has 0 aliphatic rings. The van der Waals surface area contributed by atoms with Gasteiger partial charge in [-0.1, -0.05) is 0 Å². The third-order valence-electron chi connectivity index (χ3n) is 3.08. The number of nitrogens with one attached hydrogen (secondary N) is 1. The third-order valence-corrected chi connectivity index (χ3v) is 3.08. The van der Waals surface area contributed by atoms with Gasteiger partial charge in [-0.05, 0) is 19.1 Å². The highest BCUT2D eigenvalue weighted by molar-refractivity contribution is 5.97. The molecule has 0 radical (unpaired) electrons. The number of carbonyl (C=O) groups excluding carboxylic acids is 2. The normalized spacial score (nSPS) is 12.0. The van der Waals surface area contributed by atoms with Gasteiger partial charge in [0.25, 0.3) is 5.91 Å². The van der Waals surface area contributed by atoms with Crippen molar-refractivity contribution in [2.24, 2.45) is 7.05 Å². The number of nitrogens with zero attached hydrogens (tertiary/aromatic N) is 3. The van der Waals surface area contributed by atoms with E-state index in [0.29, 0.717) is 11.4 Å². The van der Waals surface area contributed by atoms with E-state index >= 15 is 0 Å². The summed E-state index contributed by atoms with van der Waals surface area (Å²) in [7, 11) is 3.09. The van der Waals surface area contributed by atoms with Crippen molar-refractivity contribution < 1.29 is 14.3 Å². The molecule has 1 amide bonds. The average molecular weight is 290 g/mol. The molecule has 2 heterocycles. The molecule has 2 aromatic heterocycles. The first kappa shape index (κ1) is 14.8. The van der Waals surface area contributed by atoms with Gasteiger partial charge in [0.2, 0.25) is 0 Å². The summed E-state index contributed by atoms with van der Waals surface area (Å²) < 4.78 is 8.02. The Balaban J connectivity index is 2.15. The zero-order valence-electron chi connectivity index (χ0n) is 12.2. The molecule has 1 N–H and O–H groups in total. The van der Waals surface area contributed by atoms with Crippen LogP contribution in [0.25, 0.3) is 5.82 Å². The molecule has 0 bridgehead atoms. The fraction of sp³-hybridized carbons (Fsp3) is 0.357. The molecule has 7 nitrogen and oxygen atoms in total. The minimum absolute atomic E-state index is 0.126. The predicted molar refractivity (Wildman–Crippen MR) is 76.1 cm³/mol. The highest BCUT2D eigenvalue weighted by Crippen LogP contribution is 2.14. The molecule has 0 saturated carbocycles. The molecule has 0 aliphatic carbocycles. The molecule has 0 spiro atoms. The number of methoxy groups -OCH3 is 1. The molecule has 2 rings (SSSR count). The van der Waals surface area contributed by atoms with E-state index in [9.17, 15) is 9.59 Å². The van der Waals surface area contributed by atoms with Crippen LogP contribution in [0.4, 0.5) is 0 Å². The first-order valence-corrected chi connectivity index (χ1v) is 6.56. The van der Waals surface area contributed by atoms with Crippen molar-refractivity contribution in [1.29, 1.82) is 0 Å². The molecule has 7 heteroatoms. The predicted octanol–water partition coefficient (Wildman–Crippen LogP) is 0.892. The van der Waals surface area contributed by atoms with Crippen molar-refractivity contribution in [1.82, 2.24) is 19.7 Å². The molecule has 0 saturated heterocycles. The van der Waals surface area contributed by atoms with Gasteiger partial charge >= 0.3 is 5.97 Å². The quantitative estimate of drug-likeness (QED) is 0.830. The van der Waals surface area contributed by atoms with E-state index in [1.807, 2.05) is 29.1 Å². The Morgan fingerprint density at radius 3 is 2.67 bits per heavy atom. The second kappa shape index (κ2) is 6.25. The number of amides is 1. The second-order valence-electron chi connectivity index (χ2n) is 4.75. The van der Waals surface area contributed by atoms with Gasteiger partial charge in [-0.25, -0.2) is 0 Å². The molecule has 21 heavy (non-hydrogen) atoms. The van der Waals surface area contributed by atoms with Crippen LogP contribution in [0.15, 0.2) is 30.7 Å². The highest BCUT2D eigenvalue weighted by Gasteiger charge is 2.19. The maximum absolute atomic E-state index is 12.3. The fourth-order valence-corrected chi connectivity index (χ4v) is 2.06. The number of hydrogen-bond acceptors (Lipinski definition) is 4. The number of rotatable bonds is 5. The Morgan fingerprint density at radius 1 is 1.38 bits per heavy atom. The Morgan fingerprint density at radius 2 is 2.05 bits per heavy atom. The summed E-state index contributed by atoms with van der Waals surface area (Å²) >= 11 is 0. The largest absolute Gasteiger partial charge is 0.469 e. The van der Waals surface area contributed by atoms with Crippen LogP contribution in [0.5, 0.6) is 0 Å². The summed E-state index contributed by atoms with van der Waals surface area (Å²) in [5.41, 5.74) is 0.449. The molecular formula is C14H18N4O3. The number of ether oxygens (including phenoxy) is 1. The smallest absolute Gasteiger partial charge is 0.307 e. The van der Waals surface area contributed by atoms with Gasteiger partial charge in [-0.15, -0.1) is 0 Å². The van der Waals surface area contributed by atoms with E-state index < -0.39 is 0 Å². The number of esters is 1. The number of aromatic nitrogens is 3. The summed E-state index contributed by atoms with van der Waals surface area (Å²) in [4.78, 5) is 23.5. The monoisotopic (exact) mass is 290 g/mol. The summed E-state index contributed by atoms with van der Waals surface area (Å²) in [6.07, 6.45) is 5.31. The SMILES string of the molecule is COC(=O)CC(C)NC(=O)c1cnn(C)c1-n1cccc1. The maximum Gasteiger partial charge on any atom is 0.307 e. The van der Waals surface area contributed by atoms with Crippen molar-refractivity contribution in [2.45, 2.75) is 19.4 Å². The molecule has 0 aromatic carbocycles. The Bertz CT molecular complexity index is 631. The van der Waals surface area contributed by atoms with Crippen molar-refractivity contribution in [3.63, 3.8) is 0 Å². The standard InChI is InChI=1S/C14H18N4O3/c1-10(8-12(19)21-3)16-13(20)11-9-15-17(2)14(11)18-6-4-5-7-18/h4-7,9-10H,8H2,1-3H3,(H,16,20). The van der Waals surface area contributed by atoms with Gasteiger partial charge < -0.3 is 14.6 Å². The van der Waals surface area contributed by atoms with E-state index in [1.54, 1.807) is 18.7 Å². The summed E-state index contributed by atoms with van der Waals surface area (Å²) in [6, 6.07) is 3.42. The lowest BCUT2D eigenvalue weighted by atomic mass is 10.2. The molecule has 112 valence electrons. The third kappa shape index (κ3) is 3.31. The van der Waals surface area contributed by atoms with Crippen LogP contribution in [-0.2, 0) is 16.6 Å². The zero-order valence-corrected chi connectivity index (χ0v) is 12.2. The van der Waals surface area contributed by atoms with E-state index in [2.05, 4.69) is 15.2 Å². The lowest BCUT2D eigenvalue weighted by Gasteiger charge is -2.13. The first-order valence-electron chi connectivity index (χ1n) is 6.56. The Labute approximate surface area is 122 Å². The summed E-state index contributed by atoms with van der Waals surface area (Å²) in [5, 5.41) is 6.89. The van der Waals surface area contributed by atoms with Gasteiger partial charge in [0.1, 0.15) is 11.4 Å². The fourth-order valence-electron chi connectivity index (χ4n) is 2.06. The molecule has 2 aromatic rings. The minimum Gasteiger partial charge on any atom is -0.469 e. The van der Waals surface area contributed by atoms with Gasteiger partial charge in [0.15, 0.2) is 0 Å². The molecular weight excluding hydrogens is 272 g/mol. The van der Waals surface area contributed by atoms with Gasteiger partial charge in [0, 0.05) is 25.5 Å². The minimum atomic E-state index is -0.361. The summed E-state index contributed by atoms with van der Waals surface area (Å²) in [6.45, 7) is 1.75. The molecule has 1 atom stereocenters. The van der Waals surface area contributed by atoms with Gasteiger partial charge in [-0.3, -0.25) is 14.3 Å². The van der Waals surface area contributed by atoms with Crippen molar-refractivity contribution >= 4 is 11.9 Å². The van der Waals surface area contributed by atoms with Crippen LogP contribution in [0.3, 0.4) is 0 Å². The van der Waals surface area contributed by atoms with Crippen LogP contribution < -0.4 is 5.32 Å². The number of hydrogen-bond donors (Lipinski definition) is 1. The van der Waals surface area contributed by atoms with Crippen LogP contribution in [0, 0.1) is 0 Å². The van der Waals surface area contributed by atoms with Crippen LogP contribution in [0.1, 0.15) is 23.7 Å². The lowest BCUT2D eigenvalue weighted by Crippen LogP contribution is -2.34. The van der Waals surface area contributed by atoms with E-state index in [-0.39, 0.29) is 24.3 Å². The van der Waals surface area contributed by atoms with Gasteiger partial charge in [-0.2, -0.15) is 5.10 Å². The Hall–Kier alpha value is -2.57. The van der Waals surface area contributed by atoms with Crippen molar-refractivity contribution in [3.05, 3.63) is 36.3 Å². The molecule has 0 aliphatic heterocycles. The van der Waals surface area contributed by atoms with E-state index in [0.717, 1.165) is 0 Å². The van der Waals surface area contributed by atoms with Crippen LogP contribution in [0.2, 0.25) is 0 Å². The van der Waals surface area contributed by atoms with Crippen LogP contribution in [-0.4, -0.2) is 39.4 Å². The topological polar surface area (TPSA) is 78.2 Å². The van der Waals surface area contributed by atoms with Crippen molar-refractivity contribution in [2.75, 3.05) is 7.11 Å². The number of carbonyl (C=O) groups is 2. The van der Waals surface area contributed by atoms with E-state index in [1.165, 1.54) is 13.3 Å². The summed E-state index contributed by atoms with van der Waals surface area (Å²) in [5.74, 6) is 0.0330. The second-order valence-corrected chi connectivity index (χ2v) is 4.75. The molecule has 1 unspecified atom stereocenters. The van der Waals surface area contributed by atoms with Crippen LogP contribution >= 0.6 is 0 Å². The van der Waals surface area contributed by atoms with Crippen molar-refractivity contribution in [3.8, 4) is 5.82 Å².